The molecule has 1 atom stereocenters. The van der Waals surface area contributed by atoms with E-state index in [9.17, 15) is 4.79 Å². The van der Waals surface area contributed by atoms with Crippen molar-refractivity contribution < 1.29 is 9.53 Å². The number of thioether (sulfide) groups is 1. The average Bonchev–Trinajstić information content (AvgIpc) is 3.13. The van der Waals surface area contributed by atoms with Crippen molar-refractivity contribution in [2.24, 2.45) is 5.92 Å². The third-order valence-corrected chi connectivity index (χ3v) is 6.85. The molecule has 0 aromatic carbocycles. The quantitative estimate of drug-likeness (QED) is 0.804. The van der Waals surface area contributed by atoms with Crippen LogP contribution in [0.15, 0.2) is 0 Å². The molecule has 6 heteroatoms. The molecule has 132 valence electrons. The molecule has 0 aromatic rings. The first-order chi connectivity index (χ1) is 11.3. The third kappa shape index (κ3) is 4.77. The number of ether oxygens (including phenoxy) is 1. The normalized spacial score (nSPS) is 28.4. The van der Waals surface area contributed by atoms with E-state index >= 15 is 0 Å². The average molecular weight is 342 g/mol. The summed E-state index contributed by atoms with van der Waals surface area (Å²) in [7, 11) is 0. The summed E-state index contributed by atoms with van der Waals surface area (Å²) in [6.45, 7) is 5.26. The number of rotatable bonds is 5. The lowest BCUT2D eigenvalue weighted by molar-refractivity contribution is -0.0357. The first kappa shape index (κ1) is 17.4. The fourth-order valence-corrected chi connectivity index (χ4v) is 5.43. The second-order valence-corrected chi connectivity index (χ2v) is 8.33. The van der Waals surface area contributed by atoms with Crippen LogP contribution in [0.4, 0.5) is 4.79 Å². The molecule has 0 spiro atoms. The summed E-state index contributed by atoms with van der Waals surface area (Å²) in [6.07, 6.45) is 7.53. The van der Waals surface area contributed by atoms with Gasteiger partial charge < -0.3 is 15.4 Å². The predicted molar refractivity (Wildman–Crippen MR) is 95.0 cm³/mol. The van der Waals surface area contributed by atoms with E-state index in [4.69, 9.17) is 4.74 Å². The van der Waals surface area contributed by atoms with Crippen LogP contribution in [0.2, 0.25) is 0 Å². The van der Waals surface area contributed by atoms with Crippen molar-refractivity contribution in [2.45, 2.75) is 44.1 Å². The van der Waals surface area contributed by atoms with Gasteiger partial charge in [-0.05, 0) is 36.7 Å². The molecule has 2 amide bonds. The van der Waals surface area contributed by atoms with E-state index in [1.807, 2.05) is 11.8 Å². The lowest BCUT2D eigenvalue weighted by Crippen LogP contribution is -2.60. The monoisotopic (exact) mass is 341 g/mol. The van der Waals surface area contributed by atoms with E-state index in [1.165, 1.54) is 50.0 Å². The van der Waals surface area contributed by atoms with Crippen LogP contribution >= 0.6 is 11.8 Å². The lowest BCUT2D eigenvalue weighted by atomic mass is 9.80. The maximum atomic E-state index is 12.2. The molecule has 23 heavy (non-hydrogen) atoms. The highest BCUT2D eigenvalue weighted by atomic mass is 32.2. The van der Waals surface area contributed by atoms with E-state index in [2.05, 4.69) is 15.5 Å². The highest BCUT2D eigenvalue weighted by molar-refractivity contribution is 7.99. The summed E-state index contributed by atoms with van der Waals surface area (Å²) in [5.74, 6) is 3.10. The van der Waals surface area contributed by atoms with Gasteiger partial charge in [0.1, 0.15) is 0 Å². The van der Waals surface area contributed by atoms with Crippen molar-refractivity contribution in [1.29, 1.82) is 0 Å². The smallest absolute Gasteiger partial charge is 0.314 e. The van der Waals surface area contributed by atoms with Gasteiger partial charge in [0.05, 0.1) is 13.2 Å². The molecular formula is C17H31N3O2S. The Morgan fingerprint density at radius 2 is 1.96 bits per heavy atom. The molecule has 2 aliphatic heterocycles. The Labute approximate surface area is 144 Å². The lowest BCUT2D eigenvalue weighted by Gasteiger charge is -2.48. The van der Waals surface area contributed by atoms with E-state index in [-0.39, 0.29) is 11.6 Å². The van der Waals surface area contributed by atoms with Crippen LogP contribution in [0, 0.1) is 5.92 Å². The first-order valence-electron chi connectivity index (χ1n) is 9.21. The molecule has 2 saturated heterocycles. The first-order valence-corrected chi connectivity index (χ1v) is 10.4. The SMILES string of the molecule is O=C(NC[C@H]1CCSC1)NCC1(N2CCOCC2)CCCCC1. The van der Waals surface area contributed by atoms with Crippen LogP contribution in [-0.2, 0) is 4.74 Å². The second-order valence-electron chi connectivity index (χ2n) is 7.18. The molecule has 2 heterocycles. The number of hydrogen-bond donors (Lipinski definition) is 2. The van der Waals surface area contributed by atoms with Crippen LogP contribution in [0.3, 0.4) is 0 Å². The Morgan fingerprint density at radius 1 is 1.17 bits per heavy atom. The topological polar surface area (TPSA) is 53.6 Å². The minimum atomic E-state index is 0.0140. The minimum Gasteiger partial charge on any atom is -0.379 e. The molecule has 3 aliphatic rings. The summed E-state index contributed by atoms with van der Waals surface area (Å²) in [5, 5.41) is 6.25. The van der Waals surface area contributed by atoms with Crippen molar-refractivity contribution in [3.05, 3.63) is 0 Å². The maximum absolute atomic E-state index is 12.2. The van der Waals surface area contributed by atoms with Crippen molar-refractivity contribution >= 4 is 17.8 Å². The van der Waals surface area contributed by atoms with Gasteiger partial charge in [-0.15, -0.1) is 0 Å². The maximum Gasteiger partial charge on any atom is 0.314 e. The van der Waals surface area contributed by atoms with Crippen molar-refractivity contribution in [3.8, 4) is 0 Å². The number of urea groups is 1. The highest BCUT2D eigenvalue weighted by Gasteiger charge is 2.38. The Bertz CT molecular complexity index is 376. The van der Waals surface area contributed by atoms with E-state index < -0.39 is 0 Å². The largest absolute Gasteiger partial charge is 0.379 e. The summed E-state index contributed by atoms with van der Waals surface area (Å²) >= 11 is 2.00. The summed E-state index contributed by atoms with van der Waals surface area (Å²) < 4.78 is 5.51. The Balaban J connectivity index is 1.48. The Morgan fingerprint density at radius 3 is 2.65 bits per heavy atom. The molecule has 1 saturated carbocycles. The van der Waals surface area contributed by atoms with Gasteiger partial charge in [-0.3, -0.25) is 4.90 Å². The van der Waals surface area contributed by atoms with Crippen LogP contribution in [0.25, 0.3) is 0 Å². The molecule has 3 fully saturated rings. The van der Waals surface area contributed by atoms with Crippen LogP contribution in [0.5, 0.6) is 0 Å². The summed E-state index contributed by atoms with van der Waals surface area (Å²) in [4.78, 5) is 14.8. The number of morpholine rings is 1. The van der Waals surface area contributed by atoms with Gasteiger partial charge in [0.25, 0.3) is 0 Å². The van der Waals surface area contributed by atoms with Gasteiger partial charge in [-0.1, -0.05) is 19.3 Å². The number of carbonyl (C=O) groups excluding carboxylic acids is 1. The molecule has 0 unspecified atom stereocenters. The summed E-state index contributed by atoms with van der Waals surface area (Å²) in [6, 6.07) is 0.0140. The standard InChI is InChI=1S/C17H31N3O2S/c21-16(18-12-15-4-11-23-13-15)19-14-17(5-2-1-3-6-17)20-7-9-22-10-8-20/h15H,1-14H2,(H2,18,19,21)/t15-/m1/s1. The minimum absolute atomic E-state index is 0.0140. The van der Waals surface area contributed by atoms with Gasteiger partial charge in [-0.25, -0.2) is 4.79 Å². The van der Waals surface area contributed by atoms with Gasteiger partial charge in [0.2, 0.25) is 0 Å². The summed E-state index contributed by atoms with van der Waals surface area (Å²) in [5.41, 5.74) is 0.155. The fourth-order valence-electron chi connectivity index (χ4n) is 4.14. The molecule has 1 aliphatic carbocycles. The molecule has 0 aromatic heterocycles. The number of amides is 2. The number of nitrogens with one attached hydrogen (secondary N) is 2. The molecular weight excluding hydrogens is 310 g/mol. The molecule has 3 rings (SSSR count). The number of nitrogens with zero attached hydrogens (tertiary/aromatic N) is 1. The second kappa shape index (κ2) is 8.58. The molecule has 2 N–H and O–H groups in total. The molecule has 0 bridgehead atoms. The van der Waals surface area contributed by atoms with Gasteiger partial charge in [0.15, 0.2) is 0 Å². The molecule has 0 radical (unpaired) electrons. The predicted octanol–water partition coefficient (Wildman–Crippen LogP) is 2.07. The zero-order valence-corrected chi connectivity index (χ0v) is 15.0. The van der Waals surface area contributed by atoms with Crippen molar-refractivity contribution in [3.63, 3.8) is 0 Å². The third-order valence-electron chi connectivity index (χ3n) is 5.62. The van der Waals surface area contributed by atoms with Crippen molar-refractivity contribution in [1.82, 2.24) is 15.5 Å². The van der Waals surface area contributed by atoms with Crippen LogP contribution < -0.4 is 10.6 Å². The van der Waals surface area contributed by atoms with E-state index in [1.54, 1.807) is 0 Å². The zero-order valence-electron chi connectivity index (χ0n) is 14.1. The van der Waals surface area contributed by atoms with Crippen LogP contribution in [-0.4, -0.2) is 67.4 Å². The zero-order chi connectivity index (χ0) is 16.0. The van der Waals surface area contributed by atoms with Crippen LogP contribution in [0.1, 0.15) is 38.5 Å². The Hall–Kier alpha value is -0.460. The number of carbonyl (C=O) groups is 1. The van der Waals surface area contributed by atoms with Gasteiger partial charge in [-0.2, -0.15) is 11.8 Å². The highest BCUT2D eigenvalue weighted by Crippen LogP contribution is 2.33. The number of hydrogen-bond acceptors (Lipinski definition) is 4. The van der Waals surface area contributed by atoms with Gasteiger partial charge >= 0.3 is 6.03 Å². The van der Waals surface area contributed by atoms with E-state index in [0.717, 1.165) is 39.4 Å². The van der Waals surface area contributed by atoms with E-state index in [0.29, 0.717) is 5.92 Å². The van der Waals surface area contributed by atoms with Gasteiger partial charge in [0, 0.05) is 31.7 Å². The fraction of sp³-hybridized carbons (Fsp3) is 0.941. The van der Waals surface area contributed by atoms with Crippen molar-refractivity contribution in [2.75, 3.05) is 50.9 Å². The molecule has 5 nitrogen and oxygen atoms in total. The Kier molecular flexibility index (Phi) is 6.48.